The zero-order chi connectivity index (χ0) is 11.5. The Morgan fingerprint density at radius 2 is 1.88 bits per heavy atom. The van der Waals surface area contributed by atoms with Gasteiger partial charge in [-0.3, -0.25) is 0 Å². The lowest BCUT2D eigenvalue weighted by atomic mass is 10.2. The Hall–Kier alpha value is -0.700. The molecule has 1 nitrogen and oxygen atoms in total. The first kappa shape index (κ1) is 11.8. The quantitative estimate of drug-likeness (QED) is 0.806. The van der Waals surface area contributed by atoms with Crippen LogP contribution in [0.25, 0.3) is 0 Å². The molecule has 84 valence electrons. The lowest BCUT2D eigenvalue weighted by Crippen LogP contribution is -2.04. The fourth-order valence-corrected chi connectivity index (χ4v) is 2.70. The number of para-hydroxylation sites is 1. The summed E-state index contributed by atoms with van der Waals surface area (Å²) >= 11 is 13.6. The van der Waals surface area contributed by atoms with Gasteiger partial charge in [0.05, 0.1) is 21.1 Å². The van der Waals surface area contributed by atoms with E-state index in [0.29, 0.717) is 0 Å². The molecule has 0 aliphatic carbocycles. The molecule has 1 aromatic carbocycles. The molecule has 0 aliphatic heterocycles. The van der Waals surface area contributed by atoms with Gasteiger partial charge in [0, 0.05) is 4.88 Å². The van der Waals surface area contributed by atoms with Crippen LogP contribution in [0.1, 0.15) is 17.8 Å². The molecule has 4 heteroatoms. The van der Waals surface area contributed by atoms with E-state index in [-0.39, 0.29) is 6.04 Å². The fourth-order valence-electron chi connectivity index (χ4n) is 1.44. The normalized spacial score (nSPS) is 12.4. The molecule has 0 spiro atoms. The lowest BCUT2D eigenvalue weighted by Gasteiger charge is -2.14. The highest BCUT2D eigenvalue weighted by molar-refractivity contribution is 7.16. The zero-order valence-corrected chi connectivity index (χ0v) is 11.0. The molecular formula is C12H11Cl2NS. The van der Waals surface area contributed by atoms with E-state index in [2.05, 4.69) is 12.2 Å². The van der Waals surface area contributed by atoms with Crippen LogP contribution < -0.4 is 5.32 Å². The van der Waals surface area contributed by atoms with Crippen LogP contribution in [0.3, 0.4) is 0 Å². The summed E-state index contributed by atoms with van der Waals surface area (Å²) in [6.07, 6.45) is 0. The second kappa shape index (κ2) is 5.09. The van der Waals surface area contributed by atoms with Crippen LogP contribution in [0.2, 0.25) is 9.36 Å². The minimum absolute atomic E-state index is 0.206. The number of anilines is 1. The maximum atomic E-state index is 6.08. The minimum Gasteiger partial charge on any atom is -0.377 e. The van der Waals surface area contributed by atoms with Gasteiger partial charge in [0.15, 0.2) is 0 Å². The first-order valence-electron chi connectivity index (χ1n) is 4.93. The fraction of sp³-hybridized carbons (Fsp3) is 0.167. The van der Waals surface area contributed by atoms with Crippen LogP contribution in [0, 0.1) is 0 Å². The lowest BCUT2D eigenvalue weighted by molar-refractivity contribution is 0.908. The summed E-state index contributed by atoms with van der Waals surface area (Å²) in [5.74, 6) is 0. The highest BCUT2D eigenvalue weighted by Crippen LogP contribution is 2.30. The van der Waals surface area contributed by atoms with Crippen LogP contribution in [0.5, 0.6) is 0 Å². The maximum absolute atomic E-state index is 6.08. The van der Waals surface area contributed by atoms with Crippen molar-refractivity contribution in [2.75, 3.05) is 5.32 Å². The highest BCUT2D eigenvalue weighted by atomic mass is 35.5. The van der Waals surface area contributed by atoms with E-state index in [1.54, 1.807) is 11.3 Å². The minimum atomic E-state index is 0.206. The van der Waals surface area contributed by atoms with E-state index in [9.17, 15) is 0 Å². The number of nitrogens with one attached hydrogen (secondary N) is 1. The van der Waals surface area contributed by atoms with Crippen LogP contribution in [0.15, 0.2) is 36.4 Å². The highest BCUT2D eigenvalue weighted by Gasteiger charge is 2.09. The average molecular weight is 272 g/mol. The van der Waals surface area contributed by atoms with Crippen molar-refractivity contribution in [1.29, 1.82) is 0 Å². The number of hydrogen-bond donors (Lipinski definition) is 1. The Morgan fingerprint density at radius 3 is 2.50 bits per heavy atom. The molecule has 16 heavy (non-hydrogen) atoms. The Balaban J connectivity index is 2.13. The maximum Gasteiger partial charge on any atom is 0.0932 e. The number of rotatable bonds is 3. The molecule has 0 amide bonds. The van der Waals surface area contributed by atoms with Crippen molar-refractivity contribution < 1.29 is 0 Å². The van der Waals surface area contributed by atoms with Crippen molar-refractivity contribution in [2.24, 2.45) is 0 Å². The van der Waals surface area contributed by atoms with Gasteiger partial charge in [-0.1, -0.05) is 35.3 Å². The summed E-state index contributed by atoms with van der Waals surface area (Å²) in [7, 11) is 0. The summed E-state index contributed by atoms with van der Waals surface area (Å²) in [4.78, 5) is 1.20. The molecule has 1 atom stereocenters. The Bertz CT molecular complexity index is 481. The van der Waals surface area contributed by atoms with Gasteiger partial charge in [0.25, 0.3) is 0 Å². The molecule has 0 saturated carbocycles. The van der Waals surface area contributed by atoms with Crippen LogP contribution in [-0.4, -0.2) is 0 Å². The van der Waals surface area contributed by atoms with Gasteiger partial charge in [-0.05, 0) is 31.2 Å². The molecule has 0 saturated heterocycles. The first-order valence-corrected chi connectivity index (χ1v) is 6.50. The van der Waals surface area contributed by atoms with Crippen molar-refractivity contribution in [2.45, 2.75) is 13.0 Å². The molecule has 2 aromatic rings. The van der Waals surface area contributed by atoms with Crippen molar-refractivity contribution in [3.05, 3.63) is 50.6 Å². The summed E-state index contributed by atoms with van der Waals surface area (Å²) in [6, 6.07) is 11.9. The van der Waals surface area contributed by atoms with E-state index in [4.69, 9.17) is 23.2 Å². The molecule has 1 aromatic heterocycles. The van der Waals surface area contributed by atoms with Gasteiger partial charge in [-0.15, -0.1) is 11.3 Å². The van der Waals surface area contributed by atoms with E-state index >= 15 is 0 Å². The molecule has 0 aliphatic rings. The molecule has 1 N–H and O–H groups in total. The van der Waals surface area contributed by atoms with Crippen LogP contribution in [0.4, 0.5) is 5.69 Å². The average Bonchev–Trinajstić information content (AvgIpc) is 2.68. The van der Waals surface area contributed by atoms with Gasteiger partial charge in [0.1, 0.15) is 0 Å². The predicted octanol–water partition coefficient (Wildman–Crippen LogP) is 5.23. The molecule has 0 radical (unpaired) electrons. The molecule has 2 rings (SSSR count). The van der Waals surface area contributed by atoms with Crippen molar-refractivity contribution in [1.82, 2.24) is 0 Å². The summed E-state index contributed by atoms with van der Waals surface area (Å²) < 4.78 is 0.808. The Kier molecular flexibility index (Phi) is 3.74. The number of halogens is 2. The Morgan fingerprint density at radius 1 is 1.12 bits per heavy atom. The zero-order valence-electron chi connectivity index (χ0n) is 8.71. The monoisotopic (exact) mass is 271 g/mol. The molecule has 0 fully saturated rings. The number of benzene rings is 1. The number of thiophene rings is 1. The molecule has 1 heterocycles. The van der Waals surface area contributed by atoms with Crippen LogP contribution in [-0.2, 0) is 0 Å². The van der Waals surface area contributed by atoms with E-state index in [0.717, 1.165) is 15.0 Å². The van der Waals surface area contributed by atoms with E-state index in [1.165, 1.54) is 4.88 Å². The van der Waals surface area contributed by atoms with Crippen LogP contribution >= 0.6 is 34.5 Å². The third-order valence-corrected chi connectivity index (χ3v) is 4.01. The second-order valence-electron chi connectivity index (χ2n) is 3.49. The second-order valence-corrected chi connectivity index (χ2v) is 5.64. The largest absolute Gasteiger partial charge is 0.377 e. The first-order chi connectivity index (χ1) is 7.66. The van der Waals surface area contributed by atoms with Gasteiger partial charge >= 0.3 is 0 Å². The van der Waals surface area contributed by atoms with Gasteiger partial charge in [0.2, 0.25) is 0 Å². The smallest absolute Gasteiger partial charge is 0.0932 e. The standard InChI is InChI=1S/C12H11Cl2NS/c1-8(11-6-7-12(14)16-11)15-10-5-3-2-4-9(10)13/h2-8,15H,1H3. The SMILES string of the molecule is CC(Nc1ccccc1Cl)c1ccc(Cl)s1. The summed E-state index contributed by atoms with van der Waals surface area (Å²) in [5, 5.41) is 4.09. The summed E-state index contributed by atoms with van der Waals surface area (Å²) in [5.41, 5.74) is 0.946. The number of hydrogen-bond acceptors (Lipinski definition) is 2. The molecule has 1 unspecified atom stereocenters. The van der Waals surface area contributed by atoms with Crippen molar-refractivity contribution in [3.63, 3.8) is 0 Å². The van der Waals surface area contributed by atoms with E-state index < -0.39 is 0 Å². The Labute approximate surface area is 109 Å². The van der Waals surface area contributed by atoms with E-state index in [1.807, 2.05) is 36.4 Å². The third-order valence-electron chi connectivity index (χ3n) is 2.27. The van der Waals surface area contributed by atoms with Gasteiger partial charge in [-0.25, -0.2) is 0 Å². The topological polar surface area (TPSA) is 12.0 Å². The van der Waals surface area contributed by atoms with Crippen molar-refractivity contribution >= 4 is 40.2 Å². The third kappa shape index (κ3) is 2.70. The van der Waals surface area contributed by atoms with Crippen molar-refractivity contribution in [3.8, 4) is 0 Å². The molecular weight excluding hydrogens is 261 g/mol. The predicted molar refractivity (Wildman–Crippen MR) is 72.8 cm³/mol. The van der Waals surface area contributed by atoms with Gasteiger partial charge < -0.3 is 5.32 Å². The molecule has 0 bridgehead atoms. The van der Waals surface area contributed by atoms with Gasteiger partial charge in [-0.2, -0.15) is 0 Å². The summed E-state index contributed by atoms with van der Waals surface area (Å²) in [6.45, 7) is 2.09.